The minimum Gasteiger partial charge on any atom is -0.389 e. The van der Waals surface area contributed by atoms with Gasteiger partial charge in [0.1, 0.15) is 11.6 Å². The summed E-state index contributed by atoms with van der Waals surface area (Å²) in [5.74, 6) is 1.55. The minimum atomic E-state index is -0.595. The van der Waals surface area contributed by atoms with E-state index in [-0.39, 0.29) is 0 Å². The van der Waals surface area contributed by atoms with Crippen LogP contribution in [0.4, 0.5) is 5.82 Å². The van der Waals surface area contributed by atoms with Crippen LogP contribution in [0.2, 0.25) is 0 Å². The summed E-state index contributed by atoms with van der Waals surface area (Å²) in [5, 5.41) is 18.3. The number of nitrogens with one attached hydrogen (secondary N) is 1. The largest absolute Gasteiger partial charge is 0.389 e. The highest BCUT2D eigenvalue weighted by molar-refractivity contribution is 5.86. The third-order valence-corrected chi connectivity index (χ3v) is 3.77. The van der Waals surface area contributed by atoms with E-state index in [4.69, 9.17) is 0 Å². The Kier molecular flexibility index (Phi) is 3.10. The molecule has 3 rings (SSSR count). The molecule has 0 aliphatic carbocycles. The molecule has 2 aromatic heterocycles. The summed E-state index contributed by atoms with van der Waals surface area (Å²) in [4.78, 5) is 11.3. The first-order chi connectivity index (χ1) is 9.48. The number of fused-ring (bicyclic) bond motifs is 1. The van der Waals surface area contributed by atoms with Crippen LogP contribution in [0.5, 0.6) is 0 Å². The van der Waals surface area contributed by atoms with Crippen molar-refractivity contribution in [3.8, 4) is 0 Å². The monoisotopic (exact) mass is 276 g/mol. The highest BCUT2D eigenvalue weighted by Crippen LogP contribution is 2.23. The van der Waals surface area contributed by atoms with Gasteiger partial charge in [-0.05, 0) is 13.3 Å². The Morgan fingerprint density at radius 1 is 1.45 bits per heavy atom. The molecule has 20 heavy (non-hydrogen) atoms. The molecular formula is C13H20N6O. The van der Waals surface area contributed by atoms with Gasteiger partial charge in [-0.15, -0.1) is 0 Å². The van der Waals surface area contributed by atoms with Gasteiger partial charge in [0, 0.05) is 27.2 Å². The summed E-state index contributed by atoms with van der Waals surface area (Å²) >= 11 is 0. The van der Waals surface area contributed by atoms with Gasteiger partial charge in [-0.1, -0.05) is 0 Å². The summed E-state index contributed by atoms with van der Waals surface area (Å²) in [5.41, 5.74) is 0.230. The molecule has 7 heteroatoms. The Morgan fingerprint density at radius 2 is 2.25 bits per heavy atom. The van der Waals surface area contributed by atoms with Crippen molar-refractivity contribution in [2.45, 2.75) is 25.5 Å². The van der Waals surface area contributed by atoms with Crippen LogP contribution in [0, 0.1) is 0 Å². The molecule has 1 atom stereocenters. The Morgan fingerprint density at radius 3 is 2.90 bits per heavy atom. The zero-order valence-electron chi connectivity index (χ0n) is 12.1. The van der Waals surface area contributed by atoms with E-state index >= 15 is 0 Å². The van der Waals surface area contributed by atoms with E-state index in [1.54, 1.807) is 10.9 Å². The molecule has 0 radical (unpaired) electrons. The van der Waals surface area contributed by atoms with Gasteiger partial charge in [0.2, 0.25) is 0 Å². The zero-order valence-corrected chi connectivity index (χ0v) is 12.1. The highest BCUT2D eigenvalue weighted by Gasteiger charge is 2.31. The smallest absolute Gasteiger partial charge is 0.163 e. The highest BCUT2D eigenvalue weighted by atomic mass is 16.3. The van der Waals surface area contributed by atoms with Crippen LogP contribution in [0.3, 0.4) is 0 Å². The lowest BCUT2D eigenvalue weighted by molar-refractivity contribution is 0.0676. The molecule has 0 saturated carbocycles. The van der Waals surface area contributed by atoms with Gasteiger partial charge in [-0.25, -0.2) is 9.97 Å². The maximum Gasteiger partial charge on any atom is 0.163 e. The van der Waals surface area contributed by atoms with E-state index in [1.165, 1.54) is 0 Å². The van der Waals surface area contributed by atoms with E-state index in [0.717, 1.165) is 35.6 Å². The number of aromatic nitrogens is 4. The van der Waals surface area contributed by atoms with Crippen LogP contribution in [0.15, 0.2) is 6.20 Å². The van der Waals surface area contributed by atoms with Crippen molar-refractivity contribution in [1.82, 2.24) is 24.6 Å². The fourth-order valence-electron chi connectivity index (χ4n) is 2.70. The molecule has 2 N–H and O–H groups in total. The molecule has 0 aromatic carbocycles. The van der Waals surface area contributed by atoms with Crippen LogP contribution >= 0.6 is 0 Å². The van der Waals surface area contributed by atoms with Gasteiger partial charge in [-0.2, -0.15) is 5.10 Å². The number of aryl methyl sites for hydroxylation is 1. The van der Waals surface area contributed by atoms with Crippen molar-refractivity contribution in [3.05, 3.63) is 12.0 Å². The molecule has 108 valence electrons. The van der Waals surface area contributed by atoms with Crippen LogP contribution in [-0.4, -0.2) is 55.5 Å². The number of hydrogen-bond donors (Lipinski definition) is 2. The zero-order chi connectivity index (χ0) is 14.3. The number of hydrogen-bond acceptors (Lipinski definition) is 6. The summed E-state index contributed by atoms with van der Waals surface area (Å²) in [6.07, 6.45) is 2.56. The van der Waals surface area contributed by atoms with Crippen molar-refractivity contribution < 1.29 is 5.11 Å². The average Bonchev–Trinajstić information content (AvgIpc) is 2.93. The van der Waals surface area contributed by atoms with Crippen molar-refractivity contribution in [2.24, 2.45) is 7.05 Å². The maximum atomic E-state index is 10.0. The Labute approximate surface area is 117 Å². The predicted molar refractivity (Wildman–Crippen MR) is 76.4 cm³/mol. The molecule has 1 saturated heterocycles. The lowest BCUT2D eigenvalue weighted by atomic mass is 10.1. The van der Waals surface area contributed by atoms with Gasteiger partial charge in [0.25, 0.3) is 0 Å². The number of β-amino-alcohol motifs (C(OH)–C–C–N with tert-alkyl or cyclic N) is 1. The number of nitrogens with zero attached hydrogens (tertiary/aromatic N) is 5. The van der Waals surface area contributed by atoms with E-state index in [9.17, 15) is 5.11 Å². The van der Waals surface area contributed by atoms with Crippen LogP contribution in [0.1, 0.15) is 19.2 Å². The molecule has 3 heterocycles. The Hall–Kier alpha value is -1.73. The molecule has 7 nitrogen and oxygen atoms in total. The molecular weight excluding hydrogens is 256 g/mol. The summed E-state index contributed by atoms with van der Waals surface area (Å²) in [6.45, 7) is 4.05. The first kappa shape index (κ1) is 13.3. The fraction of sp³-hybridized carbons (Fsp3) is 0.615. The van der Waals surface area contributed by atoms with E-state index in [0.29, 0.717) is 13.1 Å². The number of aliphatic hydroxyl groups is 1. The lowest BCUT2D eigenvalue weighted by Gasteiger charge is -2.18. The molecule has 1 aliphatic rings. The second-order valence-corrected chi connectivity index (χ2v) is 5.70. The van der Waals surface area contributed by atoms with Crippen LogP contribution in [-0.2, 0) is 13.6 Å². The third kappa shape index (κ3) is 2.34. The summed E-state index contributed by atoms with van der Waals surface area (Å²) in [7, 11) is 3.72. The maximum absolute atomic E-state index is 10.0. The molecule has 1 unspecified atom stereocenters. The lowest BCUT2D eigenvalue weighted by Crippen LogP contribution is -2.29. The van der Waals surface area contributed by atoms with E-state index in [2.05, 4.69) is 25.3 Å². The van der Waals surface area contributed by atoms with Crippen LogP contribution < -0.4 is 5.32 Å². The second-order valence-electron chi connectivity index (χ2n) is 5.70. The minimum absolute atomic E-state index is 0.595. The standard InChI is InChI=1S/C13H20N6O/c1-13(20)4-5-19(8-13)7-10-16-11(14-2)9-6-15-18(3)12(9)17-10/h6,20H,4-5,7-8H2,1-3H3,(H,14,16,17). The summed E-state index contributed by atoms with van der Waals surface area (Å²) < 4.78 is 1.75. The fourth-order valence-corrected chi connectivity index (χ4v) is 2.70. The van der Waals surface area contributed by atoms with Gasteiger partial charge in [0.15, 0.2) is 5.65 Å². The average molecular weight is 276 g/mol. The van der Waals surface area contributed by atoms with Gasteiger partial charge in [-0.3, -0.25) is 9.58 Å². The van der Waals surface area contributed by atoms with Crippen LogP contribution in [0.25, 0.3) is 11.0 Å². The first-order valence-electron chi connectivity index (χ1n) is 6.80. The summed E-state index contributed by atoms with van der Waals surface area (Å²) in [6, 6.07) is 0. The number of likely N-dealkylation sites (tertiary alicyclic amines) is 1. The topological polar surface area (TPSA) is 79.1 Å². The quantitative estimate of drug-likeness (QED) is 0.843. The van der Waals surface area contributed by atoms with Crippen molar-refractivity contribution in [1.29, 1.82) is 0 Å². The molecule has 1 aliphatic heterocycles. The normalized spacial score (nSPS) is 23.6. The Balaban J connectivity index is 1.90. The van der Waals surface area contributed by atoms with E-state index in [1.807, 2.05) is 21.0 Å². The Bertz CT molecular complexity index is 635. The molecule has 0 spiro atoms. The predicted octanol–water partition coefficient (Wildman–Crippen LogP) is 0.362. The third-order valence-electron chi connectivity index (χ3n) is 3.77. The molecule has 1 fully saturated rings. The first-order valence-corrected chi connectivity index (χ1v) is 6.80. The number of anilines is 1. The van der Waals surface area contributed by atoms with Gasteiger partial charge >= 0.3 is 0 Å². The van der Waals surface area contributed by atoms with E-state index < -0.39 is 5.60 Å². The molecule has 2 aromatic rings. The second kappa shape index (κ2) is 4.68. The van der Waals surface area contributed by atoms with Crippen molar-refractivity contribution in [3.63, 3.8) is 0 Å². The van der Waals surface area contributed by atoms with Crippen molar-refractivity contribution >= 4 is 16.9 Å². The van der Waals surface area contributed by atoms with Gasteiger partial charge < -0.3 is 10.4 Å². The van der Waals surface area contributed by atoms with Gasteiger partial charge in [0.05, 0.1) is 23.7 Å². The molecule has 0 bridgehead atoms. The SMILES string of the molecule is CNc1nc(CN2CCC(C)(O)C2)nc2c1cnn2C. The molecule has 0 amide bonds. The van der Waals surface area contributed by atoms with Crippen molar-refractivity contribution in [2.75, 3.05) is 25.5 Å². The number of rotatable bonds is 3.